The number of halogens is 1. The highest BCUT2D eigenvalue weighted by molar-refractivity contribution is 6.33. The highest BCUT2D eigenvalue weighted by atomic mass is 35.5. The SMILES string of the molecule is O=C(NC1CCN(C(=O)c2nc(N3CCCC3)ncc2Cl)CC1)c1cccnc1. The van der Waals surface area contributed by atoms with Crippen molar-refractivity contribution in [3.8, 4) is 0 Å². The molecule has 2 fully saturated rings. The van der Waals surface area contributed by atoms with E-state index in [1.54, 1.807) is 29.4 Å². The van der Waals surface area contributed by atoms with Crippen molar-refractivity contribution in [2.24, 2.45) is 0 Å². The minimum Gasteiger partial charge on any atom is -0.349 e. The zero-order valence-electron chi connectivity index (χ0n) is 16.1. The van der Waals surface area contributed by atoms with Gasteiger partial charge in [0.25, 0.3) is 11.8 Å². The van der Waals surface area contributed by atoms with E-state index in [9.17, 15) is 9.59 Å². The Labute approximate surface area is 174 Å². The maximum atomic E-state index is 13.0. The van der Waals surface area contributed by atoms with Gasteiger partial charge < -0.3 is 15.1 Å². The molecule has 0 unspecified atom stereocenters. The Morgan fingerprint density at radius 3 is 2.55 bits per heavy atom. The van der Waals surface area contributed by atoms with Crippen molar-refractivity contribution in [3.05, 3.63) is 47.0 Å². The van der Waals surface area contributed by atoms with Crippen LogP contribution in [0.25, 0.3) is 0 Å². The van der Waals surface area contributed by atoms with Gasteiger partial charge in [0.15, 0.2) is 5.69 Å². The summed E-state index contributed by atoms with van der Waals surface area (Å²) < 4.78 is 0. The lowest BCUT2D eigenvalue weighted by Gasteiger charge is -2.32. The van der Waals surface area contributed by atoms with Crippen LogP contribution in [-0.4, -0.2) is 63.9 Å². The van der Waals surface area contributed by atoms with Crippen LogP contribution in [0, 0.1) is 0 Å². The monoisotopic (exact) mass is 414 g/mol. The Balaban J connectivity index is 1.36. The normalized spacial score (nSPS) is 17.4. The summed E-state index contributed by atoms with van der Waals surface area (Å²) in [7, 11) is 0. The van der Waals surface area contributed by atoms with Crippen molar-refractivity contribution in [2.75, 3.05) is 31.1 Å². The minimum absolute atomic E-state index is 0.0211. The maximum Gasteiger partial charge on any atom is 0.274 e. The van der Waals surface area contributed by atoms with Crippen LogP contribution in [0.3, 0.4) is 0 Å². The van der Waals surface area contributed by atoms with E-state index in [4.69, 9.17) is 11.6 Å². The summed E-state index contributed by atoms with van der Waals surface area (Å²) >= 11 is 6.23. The van der Waals surface area contributed by atoms with Gasteiger partial charge in [-0.3, -0.25) is 14.6 Å². The van der Waals surface area contributed by atoms with Crippen LogP contribution in [0.15, 0.2) is 30.7 Å². The van der Waals surface area contributed by atoms with E-state index in [2.05, 4.69) is 25.2 Å². The van der Waals surface area contributed by atoms with Crippen LogP contribution in [0.2, 0.25) is 5.02 Å². The Kier molecular flexibility index (Phi) is 5.89. The van der Waals surface area contributed by atoms with Crippen LogP contribution in [0.4, 0.5) is 5.95 Å². The van der Waals surface area contributed by atoms with E-state index >= 15 is 0 Å². The molecule has 4 rings (SSSR count). The fourth-order valence-corrected chi connectivity index (χ4v) is 3.89. The summed E-state index contributed by atoms with van der Waals surface area (Å²) in [6.45, 7) is 2.88. The first kappa shape index (κ1) is 19.6. The Hall–Kier alpha value is -2.74. The number of pyridine rings is 1. The molecule has 0 saturated carbocycles. The number of hydrogen-bond donors (Lipinski definition) is 1. The lowest BCUT2D eigenvalue weighted by molar-refractivity contribution is 0.0692. The second-order valence-corrected chi connectivity index (χ2v) is 7.75. The van der Waals surface area contributed by atoms with Crippen molar-refractivity contribution in [3.63, 3.8) is 0 Å². The number of piperidine rings is 1. The number of rotatable bonds is 4. The first-order chi connectivity index (χ1) is 14.1. The maximum absolute atomic E-state index is 13.0. The van der Waals surface area contributed by atoms with E-state index in [0.717, 1.165) is 25.9 Å². The van der Waals surface area contributed by atoms with Gasteiger partial charge in [0, 0.05) is 44.6 Å². The van der Waals surface area contributed by atoms with Crippen LogP contribution < -0.4 is 10.2 Å². The van der Waals surface area contributed by atoms with Gasteiger partial charge in [0.1, 0.15) is 0 Å². The van der Waals surface area contributed by atoms with Gasteiger partial charge in [-0.2, -0.15) is 0 Å². The molecule has 2 aromatic heterocycles. The molecule has 0 radical (unpaired) electrons. The predicted molar refractivity (Wildman–Crippen MR) is 109 cm³/mol. The topological polar surface area (TPSA) is 91.3 Å². The summed E-state index contributed by atoms with van der Waals surface area (Å²) in [4.78, 5) is 41.8. The summed E-state index contributed by atoms with van der Waals surface area (Å²) in [5.41, 5.74) is 0.787. The summed E-state index contributed by atoms with van der Waals surface area (Å²) in [5.74, 6) is 0.237. The van der Waals surface area contributed by atoms with Crippen molar-refractivity contribution < 1.29 is 9.59 Å². The zero-order valence-corrected chi connectivity index (χ0v) is 16.8. The van der Waals surface area contributed by atoms with Gasteiger partial charge in [-0.25, -0.2) is 9.97 Å². The van der Waals surface area contributed by atoms with E-state index < -0.39 is 0 Å². The largest absolute Gasteiger partial charge is 0.349 e. The van der Waals surface area contributed by atoms with E-state index in [0.29, 0.717) is 37.4 Å². The summed E-state index contributed by atoms with van der Waals surface area (Å²) in [5, 5.41) is 3.29. The molecule has 2 aliphatic heterocycles. The molecular weight excluding hydrogens is 392 g/mol. The molecule has 152 valence electrons. The number of nitrogens with one attached hydrogen (secondary N) is 1. The predicted octanol–water partition coefficient (Wildman–Crippen LogP) is 2.16. The lowest BCUT2D eigenvalue weighted by atomic mass is 10.0. The number of carbonyl (C=O) groups excluding carboxylic acids is 2. The molecule has 1 N–H and O–H groups in total. The molecule has 2 saturated heterocycles. The molecule has 2 aliphatic rings. The number of hydrogen-bond acceptors (Lipinski definition) is 6. The van der Waals surface area contributed by atoms with Gasteiger partial charge >= 0.3 is 0 Å². The third-order valence-electron chi connectivity index (χ3n) is 5.36. The molecule has 0 bridgehead atoms. The number of amides is 2. The zero-order chi connectivity index (χ0) is 20.2. The number of anilines is 1. The van der Waals surface area contributed by atoms with Crippen LogP contribution in [0.5, 0.6) is 0 Å². The molecule has 2 amide bonds. The molecule has 0 aliphatic carbocycles. The minimum atomic E-state index is -0.185. The Bertz CT molecular complexity index is 880. The summed E-state index contributed by atoms with van der Waals surface area (Å²) in [6.07, 6.45) is 8.26. The average Bonchev–Trinajstić information content (AvgIpc) is 3.30. The fraction of sp³-hybridized carbons (Fsp3) is 0.450. The van der Waals surface area contributed by atoms with Crippen molar-refractivity contribution in [1.82, 2.24) is 25.2 Å². The fourth-order valence-electron chi connectivity index (χ4n) is 3.72. The number of aromatic nitrogens is 3. The highest BCUT2D eigenvalue weighted by Gasteiger charge is 2.28. The molecular formula is C20H23ClN6O2. The first-order valence-electron chi connectivity index (χ1n) is 9.89. The highest BCUT2D eigenvalue weighted by Crippen LogP contribution is 2.22. The van der Waals surface area contributed by atoms with Crippen LogP contribution in [-0.2, 0) is 0 Å². The van der Waals surface area contributed by atoms with E-state index in [1.165, 1.54) is 6.20 Å². The smallest absolute Gasteiger partial charge is 0.274 e. The van der Waals surface area contributed by atoms with Crippen LogP contribution >= 0.6 is 11.6 Å². The molecule has 0 atom stereocenters. The standard InChI is InChI=1S/C20H23ClN6O2/c21-16-13-23-20(27-8-1-2-9-27)25-17(16)19(29)26-10-5-15(6-11-26)24-18(28)14-4-3-7-22-12-14/h3-4,7,12-13,15H,1-2,5-6,8-11H2,(H,24,28). The number of nitrogens with zero attached hydrogens (tertiary/aromatic N) is 5. The Morgan fingerprint density at radius 1 is 1.10 bits per heavy atom. The second-order valence-electron chi connectivity index (χ2n) is 7.34. The van der Waals surface area contributed by atoms with Crippen molar-refractivity contribution in [2.45, 2.75) is 31.7 Å². The quantitative estimate of drug-likeness (QED) is 0.824. The molecule has 0 spiro atoms. The van der Waals surface area contributed by atoms with Gasteiger partial charge in [0.2, 0.25) is 5.95 Å². The van der Waals surface area contributed by atoms with E-state index in [-0.39, 0.29) is 28.6 Å². The van der Waals surface area contributed by atoms with Gasteiger partial charge in [0.05, 0.1) is 16.8 Å². The molecule has 0 aromatic carbocycles. The number of likely N-dealkylation sites (tertiary alicyclic amines) is 1. The summed E-state index contributed by atoms with van der Waals surface area (Å²) in [6, 6.07) is 3.49. The third-order valence-corrected chi connectivity index (χ3v) is 5.64. The molecule has 8 nitrogen and oxygen atoms in total. The molecule has 2 aromatic rings. The molecule has 9 heteroatoms. The first-order valence-corrected chi connectivity index (χ1v) is 10.3. The van der Waals surface area contributed by atoms with Crippen molar-refractivity contribution >= 4 is 29.4 Å². The lowest BCUT2D eigenvalue weighted by Crippen LogP contribution is -2.46. The average molecular weight is 415 g/mol. The van der Waals surface area contributed by atoms with Crippen LogP contribution in [0.1, 0.15) is 46.5 Å². The number of carbonyl (C=O) groups is 2. The van der Waals surface area contributed by atoms with Gasteiger partial charge in [-0.1, -0.05) is 11.6 Å². The molecule has 29 heavy (non-hydrogen) atoms. The second kappa shape index (κ2) is 8.73. The third kappa shape index (κ3) is 4.48. The van der Waals surface area contributed by atoms with Crippen molar-refractivity contribution in [1.29, 1.82) is 0 Å². The van der Waals surface area contributed by atoms with E-state index in [1.807, 2.05) is 0 Å². The Morgan fingerprint density at radius 2 is 1.86 bits per heavy atom. The van der Waals surface area contributed by atoms with Gasteiger partial charge in [-0.05, 0) is 37.8 Å². The molecule has 4 heterocycles. The van der Waals surface area contributed by atoms with Gasteiger partial charge in [-0.15, -0.1) is 0 Å².